The molecule has 18 heteroatoms. The van der Waals surface area contributed by atoms with Gasteiger partial charge in [0, 0.05) is 31.1 Å². The number of hydrogen-bond acceptors (Lipinski definition) is 18. The van der Waals surface area contributed by atoms with Crippen LogP contribution in [-0.2, 0) is 33.3 Å². The minimum Gasteiger partial charge on any atom is -0.469 e. The van der Waals surface area contributed by atoms with Gasteiger partial charge in [-0.1, -0.05) is 98.9 Å². The number of fused-ring (bicyclic) bond motifs is 2. The number of carbonyl (C=O) groups is 2. The number of nitrogens with two attached hydrogens (primary N) is 1. The molecule has 2 saturated heterocycles. The van der Waals surface area contributed by atoms with Crippen molar-refractivity contribution in [3.63, 3.8) is 0 Å². The van der Waals surface area contributed by atoms with E-state index in [1.807, 2.05) is 37.3 Å². The van der Waals surface area contributed by atoms with Crippen LogP contribution >= 0.6 is 0 Å². The van der Waals surface area contributed by atoms with Crippen molar-refractivity contribution in [1.29, 1.82) is 0 Å². The van der Waals surface area contributed by atoms with Crippen LogP contribution in [0.1, 0.15) is 72.6 Å². The minimum atomic E-state index is -1.75. The largest absolute Gasteiger partial charge is 0.469 e. The summed E-state index contributed by atoms with van der Waals surface area (Å²) in [6.45, 7) is 6.79. The lowest BCUT2D eigenvalue weighted by Crippen LogP contribution is -2.62. The Balaban J connectivity index is 1.87. The van der Waals surface area contributed by atoms with Gasteiger partial charge < -0.3 is 80.5 Å². The topological polar surface area (TPSA) is 309 Å². The maximum atomic E-state index is 13.1. The maximum absolute atomic E-state index is 13.1. The number of aliphatic hydroxyl groups excluding tert-OH is 10. The lowest BCUT2D eigenvalue weighted by Gasteiger charge is -2.44. The van der Waals surface area contributed by atoms with Crippen LogP contribution in [0.25, 0.3) is 0 Å². The van der Waals surface area contributed by atoms with E-state index in [4.69, 9.17) is 29.4 Å². The number of hydrogen-bond donors (Lipinski definition) is 11. The summed E-state index contributed by atoms with van der Waals surface area (Å²) in [5.74, 6) is -3.79. The molecule has 374 valence electrons. The number of ether oxygens (including phenoxy) is 5. The fraction of sp³-hybridized carbons (Fsp3) is 0.667. The molecule has 0 aliphatic carbocycles. The van der Waals surface area contributed by atoms with Gasteiger partial charge in [0.25, 0.3) is 0 Å². The summed E-state index contributed by atoms with van der Waals surface area (Å²) in [5, 5.41) is 108. The first kappa shape index (κ1) is 56.9. The highest BCUT2D eigenvalue weighted by molar-refractivity contribution is 5.74. The highest BCUT2D eigenvalue weighted by atomic mass is 16.7. The van der Waals surface area contributed by atoms with Gasteiger partial charge in [-0.25, -0.2) is 0 Å². The molecule has 20 atom stereocenters. The number of methoxy groups -OCH3 is 1. The van der Waals surface area contributed by atoms with Gasteiger partial charge in [0.15, 0.2) is 6.29 Å². The lowest BCUT2D eigenvalue weighted by atomic mass is 9.82. The van der Waals surface area contributed by atoms with Crippen molar-refractivity contribution < 1.29 is 84.3 Å². The first-order chi connectivity index (χ1) is 31.2. The smallest absolute Gasteiger partial charge is 0.314 e. The molecular weight excluding hydrogens is 863 g/mol. The Hall–Kier alpha value is -3.44. The SMILES string of the molecule is COC(=O)[C@@H]1[C@@H](O)[C@H](O)[C@H]2C[C@@H](O)C[C@@H](O)[C@H](O)CC[C@@H](O)C[C@@H](O)CC(=O)O[C@@H](C)[C@H](C)[C@H](O)[C@@H](C)\C=C/C=C/C=C/C=C/C=C/C=C/C=C/[C@H](O[C@@H]3O[C@H](C)[C@@H](O)[C@H](N)[C@@H]3O)C[C@@H]1O2. The zero-order valence-corrected chi connectivity index (χ0v) is 38.5. The van der Waals surface area contributed by atoms with E-state index in [0.717, 1.165) is 7.11 Å². The van der Waals surface area contributed by atoms with Gasteiger partial charge in [-0.3, -0.25) is 9.59 Å². The normalized spacial score (nSPS) is 44.9. The van der Waals surface area contributed by atoms with Crippen molar-refractivity contribution in [2.75, 3.05) is 7.11 Å². The second-order valence-electron chi connectivity index (χ2n) is 17.6. The zero-order valence-electron chi connectivity index (χ0n) is 38.5. The Bertz CT molecular complexity index is 1670. The van der Waals surface area contributed by atoms with Crippen molar-refractivity contribution in [2.24, 2.45) is 23.5 Å². The van der Waals surface area contributed by atoms with E-state index < -0.39 is 141 Å². The van der Waals surface area contributed by atoms with Gasteiger partial charge in [0.05, 0.1) is 92.8 Å². The molecule has 12 N–H and O–H groups in total. The van der Waals surface area contributed by atoms with Crippen LogP contribution in [0.4, 0.5) is 0 Å². The van der Waals surface area contributed by atoms with Gasteiger partial charge in [0.1, 0.15) is 24.2 Å². The number of carbonyl (C=O) groups excluding carboxylic acids is 2. The van der Waals surface area contributed by atoms with E-state index in [0.29, 0.717) is 0 Å². The summed E-state index contributed by atoms with van der Waals surface area (Å²) in [5.41, 5.74) is 6.05. The van der Waals surface area contributed by atoms with Crippen molar-refractivity contribution >= 4 is 11.9 Å². The third-order valence-corrected chi connectivity index (χ3v) is 12.3. The number of esters is 2. The number of rotatable bonds is 3. The third-order valence-electron chi connectivity index (χ3n) is 12.3. The van der Waals surface area contributed by atoms with Gasteiger partial charge in [-0.05, 0) is 33.1 Å². The van der Waals surface area contributed by atoms with E-state index >= 15 is 0 Å². The highest BCUT2D eigenvalue weighted by Crippen LogP contribution is 2.34. The average molecular weight is 938 g/mol. The third kappa shape index (κ3) is 18.2. The Labute approximate surface area is 387 Å². The molecule has 2 fully saturated rings. The van der Waals surface area contributed by atoms with Crippen LogP contribution in [0.2, 0.25) is 0 Å². The van der Waals surface area contributed by atoms with E-state index in [1.54, 1.807) is 75.5 Å². The van der Waals surface area contributed by atoms with E-state index in [-0.39, 0.29) is 38.0 Å². The molecule has 3 rings (SSSR count). The van der Waals surface area contributed by atoms with Gasteiger partial charge in [-0.2, -0.15) is 0 Å². The van der Waals surface area contributed by atoms with Crippen molar-refractivity contribution in [2.45, 2.75) is 177 Å². The quantitative estimate of drug-likeness (QED) is 0.171. The van der Waals surface area contributed by atoms with Crippen molar-refractivity contribution in [3.8, 4) is 0 Å². The molecule has 0 aromatic carbocycles. The molecule has 3 heterocycles. The molecule has 3 aliphatic rings. The van der Waals surface area contributed by atoms with Crippen LogP contribution in [0, 0.1) is 17.8 Å². The fourth-order valence-electron chi connectivity index (χ4n) is 7.99. The second kappa shape index (κ2) is 28.8. The summed E-state index contributed by atoms with van der Waals surface area (Å²) in [6.07, 6.45) is 2.66. The second-order valence-corrected chi connectivity index (χ2v) is 17.6. The predicted octanol–water partition coefficient (Wildman–Crippen LogP) is 0.451. The Morgan fingerprint density at radius 2 is 1.17 bits per heavy atom. The van der Waals surface area contributed by atoms with E-state index in [1.165, 1.54) is 0 Å². The van der Waals surface area contributed by atoms with Gasteiger partial charge in [-0.15, -0.1) is 0 Å². The van der Waals surface area contributed by atoms with Gasteiger partial charge in [0.2, 0.25) is 0 Å². The molecule has 0 unspecified atom stereocenters. The molecule has 66 heavy (non-hydrogen) atoms. The minimum absolute atomic E-state index is 0.0836. The Morgan fingerprint density at radius 3 is 1.76 bits per heavy atom. The summed E-state index contributed by atoms with van der Waals surface area (Å²) >= 11 is 0. The molecular formula is C48H75NO17. The summed E-state index contributed by atoms with van der Waals surface area (Å²) in [4.78, 5) is 25.7. The highest BCUT2D eigenvalue weighted by Gasteiger charge is 2.50. The molecule has 18 nitrogen and oxygen atoms in total. The van der Waals surface area contributed by atoms with Crippen LogP contribution in [0.5, 0.6) is 0 Å². The van der Waals surface area contributed by atoms with E-state index in [2.05, 4.69) is 0 Å². The average Bonchev–Trinajstić information content (AvgIpc) is 3.26. The summed E-state index contributed by atoms with van der Waals surface area (Å²) in [7, 11) is 1.10. The molecule has 0 amide bonds. The van der Waals surface area contributed by atoms with Crippen LogP contribution in [0.3, 0.4) is 0 Å². The molecule has 2 bridgehead atoms. The van der Waals surface area contributed by atoms with Crippen LogP contribution in [0.15, 0.2) is 85.1 Å². The Morgan fingerprint density at radius 1 is 0.591 bits per heavy atom. The fourth-order valence-corrected chi connectivity index (χ4v) is 7.99. The molecule has 0 aromatic rings. The number of allylic oxidation sites excluding steroid dienone is 12. The Kier molecular flexibility index (Phi) is 24.8. The molecule has 0 saturated carbocycles. The maximum Gasteiger partial charge on any atom is 0.314 e. The van der Waals surface area contributed by atoms with Crippen molar-refractivity contribution in [3.05, 3.63) is 85.1 Å². The molecule has 0 aromatic heterocycles. The predicted molar refractivity (Wildman–Crippen MR) is 242 cm³/mol. The molecule has 0 radical (unpaired) electrons. The van der Waals surface area contributed by atoms with E-state index in [9.17, 15) is 60.7 Å². The van der Waals surface area contributed by atoms with Gasteiger partial charge >= 0.3 is 11.9 Å². The standard InChI is InChI=1S/C48H75NO17/c1-27-18-16-14-12-10-8-6-7-9-11-13-15-17-19-34(65-48-46(60)41(49)43(57)30(4)64-48)26-37-40(47(61)62-5)45(59)44(58)38(66-37)24-33(52)23-36(54)35(53)21-20-31(50)22-32(51)25-39(55)63-29(3)28(2)42(27)56/h6-19,27-38,40-46,48,50-54,56-60H,20-26,49H2,1-5H3/b7-6+,10-8+,11-9+,14-12+,15-13+,18-16-,19-17+/t27-,28-,29-,30+,31+,32+,33-,34-,35+,36+,37-,38+,40-,41-,42+,43+,44+,45+,46-,48-/m0/s1. The monoisotopic (exact) mass is 938 g/mol. The van der Waals surface area contributed by atoms with Crippen LogP contribution < -0.4 is 5.73 Å². The summed E-state index contributed by atoms with van der Waals surface area (Å²) < 4.78 is 28.5. The zero-order chi connectivity index (χ0) is 49.1. The van der Waals surface area contributed by atoms with Crippen molar-refractivity contribution in [1.82, 2.24) is 0 Å². The lowest BCUT2D eigenvalue weighted by molar-refractivity contribution is -0.281. The summed E-state index contributed by atoms with van der Waals surface area (Å²) in [6, 6.07) is -1.12. The van der Waals surface area contributed by atoms with Crippen LogP contribution in [-0.4, -0.2) is 174 Å². The number of aliphatic hydroxyl groups is 10. The first-order valence-electron chi connectivity index (χ1n) is 22.7. The number of cyclic esters (lactones) is 1. The first-order valence-corrected chi connectivity index (χ1v) is 22.7. The molecule has 0 spiro atoms. The molecule has 3 aliphatic heterocycles.